The third kappa shape index (κ3) is 0.978. The van der Waals surface area contributed by atoms with Gasteiger partial charge in [0.15, 0.2) is 0 Å². The zero-order chi connectivity index (χ0) is 8.55. The fraction of sp³-hybridized carbons (Fsp3) is 0.111. The molecule has 0 spiro atoms. The van der Waals surface area contributed by atoms with Crippen LogP contribution in [-0.2, 0) is 0 Å². The first-order valence-electron chi connectivity index (χ1n) is 3.53. The molecule has 1 aromatic carbocycles. The van der Waals surface area contributed by atoms with E-state index in [1.807, 2.05) is 0 Å². The monoisotopic (exact) mass is 168 g/mol. The highest BCUT2D eigenvalue weighted by molar-refractivity contribution is 5.81. The quantitative estimate of drug-likeness (QED) is 0.636. The molecule has 0 atom stereocenters. The molecule has 0 radical (unpaired) electrons. The van der Waals surface area contributed by atoms with Crippen LogP contribution in [0.5, 0.6) is 0 Å². The van der Waals surface area contributed by atoms with Gasteiger partial charge in [0.1, 0.15) is 11.8 Å². The van der Waals surface area contributed by atoms with Gasteiger partial charge in [-0.05, 0) is 6.07 Å². The van der Waals surface area contributed by atoms with Gasteiger partial charge in [0.25, 0.3) is 6.43 Å². The predicted octanol–water partition coefficient (Wildman–Crippen LogP) is 3.37. The SMILES string of the molecule is FC(F)c1coc2ccccc12. The van der Waals surface area contributed by atoms with E-state index in [0.29, 0.717) is 11.0 Å². The lowest BCUT2D eigenvalue weighted by atomic mass is 10.2. The molecular formula is C9H6F2O. The van der Waals surface area contributed by atoms with Crippen molar-refractivity contribution in [2.45, 2.75) is 6.43 Å². The second kappa shape index (κ2) is 2.59. The van der Waals surface area contributed by atoms with Crippen LogP contribution in [0.25, 0.3) is 11.0 Å². The van der Waals surface area contributed by atoms with Crippen molar-refractivity contribution in [2.24, 2.45) is 0 Å². The van der Waals surface area contributed by atoms with Gasteiger partial charge < -0.3 is 4.42 Å². The van der Waals surface area contributed by atoms with E-state index in [4.69, 9.17) is 4.42 Å². The lowest BCUT2D eigenvalue weighted by Crippen LogP contribution is -1.78. The van der Waals surface area contributed by atoms with Crippen LogP contribution in [0.4, 0.5) is 8.78 Å². The maximum atomic E-state index is 12.3. The number of hydrogen-bond donors (Lipinski definition) is 0. The Hall–Kier alpha value is -1.38. The molecule has 1 aromatic heterocycles. The molecule has 0 aliphatic carbocycles. The molecule has 0 bridgehead atoms. The van der Waals surface area contributed by atoms with E-state index in [-0.39, 0.29) is 5.56 Å². The summed E-state index contributed by atoms with van der Waals surface area (Å²) >= 11 is 0. The summed E-state index contributed by atoms with van der Waals surface area (Å²) in [5.74, 6) is 0. The largest absolute Gasteiger partial charge is 0.464 e. The fourth-order valence-electron chi connectivity index (χ4n) is 1.17. The van der Waals surface area contributed by atoms with Gasteiger partial charge in [0.2, 0.25) is 0 Å². The van der Waals surface area contributed by atoms with Crippen LogP contribution in [0.3, 0.4) is 0 Å². The summed E-state index contributed by atoms with van der Waals surface area (Å²) in [6, 6.07) is 6.76. The summed E-state index contributed by atoms with van der Waals surface area (Å²) < 4.78 is 29.5. The van der Waals surface area contributed by atoms with E-state index in [0.717, 1.165) is 6.26 Å². The molecule has 1 heterocycles. The first-order valence-corrected chi connectivity index (χ1v) is 3.53. The number of hydrogen-bond acceptors (Lipinski definition) is 1. The minimum atomic E-state index is -2.46. The summed E-state index contributed by atoms with van der Waals surface area (Å²) in [6.45, 7) is 0. The average molecular weight is 168 g/mol. The number of fused-ring (bicyclic) bond motifs is 1. The number of alkyl halides is 2. The molecule has 0 N–H and O–H groups in total. The molecule has 1 nitrogen and oxygen atoms in total. The Bertz CT molecular complexity index is 392. The number of furan rings is 1. The molecule has 0 unspecified atom stereocenters. The maximum Gasteiger partial charge on any atom is 0.267 e. The second-order valence-corrected chi connectivity index (χ2v) is 2.49. The fourth-order valence-corrected chi connectivity index (χ4v) is 1.17. The van der Waals surface area contributed by atoms with Crippen molar-refractivity contribution in [2.75, 3.05) is 0 Å². The Balaban J connectivity index is 2.70. The Morgan fingerprint density at radius 3 is 2.67 bits per heavy atom. The lowest BCUT2D eigenvalue weighted by molar-refractivity contribution is 0.152. The standard InChI is InChI=1S/C9H6F2O/c10-9(11)7-5-12-8-4-2-1-3-6(7)8/h1-5,9H. The van der Waals surface area contributed by atoms with Crippen LogP contribution in [-0.4, -0.2) is 0 Å². The summed E-state index contributed by atoms with van der Waals surface area (Å²) in [5.41, 5.74) is 0.471. The van der Waals surface area contributed by atoms with Crippen LogP contribution in [0.2, 0.25) is 0 Å². The van der Waals surface area contributed by atoms with Crippen molar-refractivity contribution < 1.29 is 13.2 Å². The molecule has 0 aliphatic rings. The minimum Gasteiger partial charge on any atom is -0.464 e. The predicted molar refractivity (Wildman–Crippen MR) is 41.2 cm³/mol. The Labute approximate surface area is 67.6 Å². The van der Waals surface area contributed by atoms with Crippen molar-refractivity contribution in [3.8, 4) is 0 Å². The number of para-hydroxylation sites is 1. The molecule has 0 amide bonds. The molecule has 62 valence electrons. The van der Waals surface area contributed by atoms with Crippen LogP contribution in [0.1, 0.15) is 12.0 Å². The Kier molecular flexibility index (Phi) is 1.57. The third-order valence-electron chi connectivity index (χ3n) is 1.75. The molecular weight excluding hydrogens is 162 g/mol. The molecule has 2 aromatic rings. The molecule has 12 heavy (non-hydrogen) atoms. The van der Waals surface area contributed by atoms with E-state index < -0.39 is 6.43 Å². The molecule has 0 saturated heterocycles. The van der Waals surface area contributed by atoms with Gasteiger partial charge in [-0.25, -0.2) is 8.78 Å². The summed E-state index contributed by atoms with van der Waals surface area (Å²) in [6.07, 6.45) is -1.36. The van der Waals surface area contributed by atoms with Crippen molar-refractivity contribution in [3.05, 3.63) is 36.1 Å². The Morgan fingerprint density at radius 2 is 1.92 bits per heavy atom. The zero-order valence-corrected chi connectivity index (χ0v) is 6.13. The Morgan fingerprint density at radius 1 is 1.17 bits per heavy atom. The maximum absolute atomic E-state index is 12.3. The number of benzene rings is 1. The molecule has 0 aliphatic heterocycles. The first kappa shape index (κ1) is 7.28. The van der Waals surface area contributed by atoms with Gasteiger partial charge in [-0.2, -0.15) is 0 Å². The van der Waals surface area contributed by atoms with Crippen LogP contribution >= 0.6 is 0 Å². The topological polar surface area (TPSA) is 13.1 Å². The van der Waals surface area contributed by atoms with Crippen molar-refractivity contribution in [3.63, 3.8) is 0 Å². The third-order valence-corrected chi connectivity index (χ3v) is 1.75. The van der Waals surface area contributed by atoms with Crippen LogP contribution in [0.15, 0.2) is 34.9 Å². The van der Waals surface area contributed by atoms with E-state index in [9.17, 15) is 8.78 Å². The lowest BCUT2D eigenvalue weighted by Gasteiger charge is -1.92. The molecule has 0 fully saturated rings. The van der Waals surface area contributed by atoms with Gasteiger partial charge in [0, 0.05) is 5.39 Å². The van der Waals surface area contributed by atoms with Crippen molar-refractivity contribution in [1.29, 1.82) is 0 Å². The van der Waals surface area contributed by atoms with Crippen molar-refractivity contribution >= 4 is 11.0 Å². The van der Waals surface area contributed by atoms with Gasteiger partial charge in [0.05, 0.1) is 5.56 Å². The van der Waals surface area contributed by atoms with Gasteiger partial charge in [-0.15, -0.1) is 0 Å². The van der Waals surface area contributed by atoms with Crippen LogP contribution in [0, 0.1) is 0 Å². The van der Waals surface area contributed by atoms with E-state index in [2.05, 4.69) is 0 Å². The molecule has 2 rings (SSSR count). The summed E-state index contributed by atoms with van der Waals surface area (Å²) in [4.78, 5) is 0. The highest BCUT2D eigenvalue weighted by atomic mass is 19.3. The number of halogens is 2. The normalized spacial score (nSPS) is 11.2. The second-order valence-electron chi connectivity index (χ2n) is 2.49. The highest BCUT2D eigenvalue weighted by Crippen LogP contribution is 2.28. The van der Waals surface area contributed by atoms with Gasteiger partial charge in [-0.3, -0.25) is 0 Å². The zero-order valence-electron chi connectivity index (χ0n) is 6.13. The van der Waals surface area contributed by atoms with E-state index in [1.165, 1.54) is 0 Å². The van der Waals surface area contributed by atoms with Gasteiger partial charge in [-0.1, -0.05) is 18.2 Å². The first-order chi connectivity index (χ1) is 5.79. The summed E-state index contributed by atoms with van der Waals surface area (Å²) in [7, 11) is 0. The molecule has 0 saturated carbocycles. The average Bonchev–Trinajstić information content (AvgIpc) is 2.47. The van der Waals surface area contributed by atoms with Crippen LogP contribution < -0.4 is 0 Å². The number of rotatable bonds is 1. The molecule has 3 heteroatoms. The van der Waals surface area contributed by atoms with Gasteiger partial charge >= 0.3 is 0 Å². The summed E-state index contributed by atoms with van der Waals surface area (Å²) in [5, 5.41) is 0.493. The smallest absolute Gasteiger partial charge is 0.267 e. The van der Waals surface area contributed by atoms with E-state index >= 15 is 0 Å². The highest BCUT2D eigenvalue weighted by Gasteiger charge is 2.13. The van der Waals surface area contributed by atoms with Crippen molar-refractivity contribution in [1.82, 2.24) is 0 Å². The van der Waals surface area contributed by atoms with E-state index in [1.54, 1.807) is 24.3 Å². The minimum absolute atomic E-state index is 0.0365.